The Hall–Kier alpha value is -1.19. The van der Waals surface area contributed by atoms with Crippen molar-refractivity contribution in [1.82, 2.24) is 0 Å². The average molecular weight is 534 g/mol. The summed E-state index contributed by atoms with van der Waals surface area (Å²) in [5, 5.41) is 39.5. The molecule has 0 bridgehead atoms. The standard InChI is InChI=1S/C21H21N3O5.CH2O3.2K/c1-2-29-21(26)16-11-12-19(24(27)28)18(13-16)23-20(25)10-6-5-8-15-7-3-4-9-17(15)14-22;2-1(3)4;;/h3-4,7,9,11-13H,2,5-6,8,10H2,1H3,(H,23,25);(H2,2,3,4);;/q;;2*+1/p-2. The van der Waals surface area contributed by atoms with Crippen LogP contribution in [0.5, 0.6) is 0 Å². The molecule has 0 spiro atoms. The maximum absolute atomic E-state index is 12.2. The third-order valence-electron chi connectivity index (χ3n) is 4.22. The van der Waals surface area contributed by atoms with Crippen molar-refractivity contribution in [1.29, 1.82) is 5.26 Å². The van der Waals surface area contributed by atoms with Gasteiger partial charge >= 0.3 is 109 Å². The van der Waals surface area contributed by atoms with Crippen LogP contribution >= 0.6 is 0 Å². The van der Waals surface area contributed by atoms with Crippen molar-refractivity contribution in [2.75, 3.05) is 11.9 Å². The van der Waals surface area contributed by atoms with Gasteiger partial charge in [0.15, 0.2) is 0 Å². The number of esters is 1. The number of nitrogens with one attached hydrogen (secondary N) is 1. The van der Waals surface area contributed by atoms with E-state index in [0.29, 0.717) is 24.8 Å². The van der Waals surface area contributed by atoms with Crippen LogP contribution in [0.3, 0.4) is 0 Å². The topological polar surface area (TPSA) is 186 Å². The minimum atomic E-state index is -2.33. The van der Waals surface area contributed by atoms with Crippen molar-refractivity contribution < 1.29 is 137 Å². The Labute approximate surface area is 287 Å². The van der Waals surface area contributed by atoms with Gasteiger partial charge in [0.25, 0.3) is 5.69 Å². The second-order valence-corrected chi connectivity index (χ2v) is 6.48. The Morgan fingerprint density at radius 1 is 1.09 bits per heavy atom. The van der Waals surface area contributed by atoms with E-state index in [2.05, 4.69) is 11.4 Å². The molecule has 2 aromatic carbocycles. The number of nitro groups is 1. The molecule has 2 aromatic rings. The second-order valence-electron chi connectivity index (χ2n) is 6.48. The van der Waals surface area contributed by atoms with E-state index >= 15 is 0 Å². The number of amides is 1. The van der Waals surface area contributed by atoms with E-state index in [1.807, 2.05) is 12.1 Å². The van der Waals surface area contributed by atoms with E-state index < -0.39 is 17.0 Å². The fourth-order valence-corrected chi connectivity index (χ4v) is 2.80. The van der Waals surface area contributed by atoms with E-state index in [4.69, 9.17) is 25.0 Å². The Kier molecular flexibility index (Phi) is 20.5. The number of carboxylic acid groups (broad SMARTS) is 2. The molecule has 174 valence electrons. The molecule has 0 aliphatic carbocycles. The minimum Gasteiger partial charge on any atom is -0.652 e. The van der Waals surface area contributed by atoms with Crippen molar-refractivity contribution in [2.45, 2.75) is 32.6 Å². The molecule has 0 aromatic heterocycles. The fourth-order valence-electron chi connectivity index (χ4n) is 2.80. The monoisotopic (exact) mass is 533 g/mol. The van der Waals surface area contributed by atoms with Crippen LogP contribution in [-0.4, -0.2) is 29.6 Å². The van der Waals surface area contributed by atoms with Gasteiger partial charge in [-0.25, -0.2) is 4.79 Å². The number of nitrogens with zero attached hydrogens (tertiary/aromatic N) is 2. The summed E-state index contributed by atoms with van der Waals surface area (Å²) in [5.41, 5.74) is 1.33. The third kappa shape index (κ3) is 14.2. The maximum atomic E-state index is 12.2. The van der Waals surface area contributed by atoms with Crippen LogP contribution < -0.4 is 118 Å². The van der Waals surface area contributed by atoms with Gasteiger partial charge in [0, 0.05) is 12.5 Å². The quantitative estimate of drug-likeness (QED) is 0.109. The summed E-state index contributed by atoms with van der Waals surface area (Å²) in [4.78, 5) is 43.0. The van der Waals surface area contributed by atoms with Gasteiger partial charge in [0.1, 0.15) is 5.69 Å². The van der Waals surface area contributed by atoms with Gasteiger partial charge in [-0.1, -0.05) is 18.2 Å². The van der Waals surface area contributed by atoms with Crippen LogP contribution in [-0.2, 0) is 16.0 Å². The molecule has 0 unspecified atom stereocenters. The molecule has 35 heavy (non-hydrogen) atoms. The smallest absolute Gasteiger partial charge is 0.652 e. The first kappa shape index (κ1) is 36.0. The molecule has 0 atom stereocenters. The molecule has 0 saturated heterocycles. The number of benzene rings is 2. The van der Waals surface area contributed by atoms with Gasteiger partial charge in [-0.3, -0.25) is 14.9 Å². The van der Waals surface area contributed by atoms with Crippen molar-refractivity contribution >= 4 is 29.4 Å². The molecule has 0 radical (unpaired) electrons. The molecule has 0 fully saturated rings. The first-order valence-corrected chi connectivity index (χ1v) is 9.81. The minimum absolute atomic E-state index is 0. The first-order valence-electron chi connectivity index (χ1n) is 9.81. The number of nitro benzene ring substituents is 1. The van der Waals surface area contributed by atoms with Gasteiger partial charge in [-0.2, -0.15) is 5.26 Å². The Balaban J connectivity index is 0. The molecule has 0 heterocycles. The molecule has 2 rings (SSSR count). The zero-order valence-corrected chi connectivity index (χ0v) is 26.0. The molecule has 0 aliphatic rings. The van der Waals surface area contributed by atoms with Crippen LogP contribution in [0.4, 0.5) is 16.2 Å². The second kappa shape index (κ2) is 19.9. The number of anilines is 1. The van der Waals surface area contributed by atoms with Crippen LogP contribution in [0.1, 0.15) is 47.7 Å². The van der Waals surface area contributed by atoms with Crippen molar-refractivity contribution in [3.05, 3.63) is 69.3 Å². The number of aryl methyl sites for hydroxylation is 1. The number of nitriles is 1. The van der Waals surface area contributed by atoms with Gasteiger partial charge in [0.2, 0.25) is 5.91 Å². The molecule has 13 heteroatoms. The Morgan fingerprint density at radius 2 is 1.71 bits per heavy atom. The van der Waals surface area contributed by atoms with E-state index in [1.54, 1.807) is 19.1 Å². The average Bonchev–Trinajstić information content (AvgIpc) is 2.76. The summed E-state index contributed by atoms with van der Waals surface area (Å²) in [6.07, 6.45) is -0.265. The van der Waals surface area contributed by atoms with E-state index in [1.165, 1.54) is 18.2 Å². The summed E-state index contributed by atoms with van der Waals surface area (Å²) in [5.74, 6) is -1.00. The number of hydrogen-bond donors (Lipinski definition) is 1. The normalized spacial score (nSPS) is 9.03. The largest absolute Gasteiger partial charge is 1.00 e. The molecule has 1 amide bonds. The number of rotatable bonds is 9. The maximum Gasteiger partial charge on any atom is 1.00 e. The van der Waals surface area contributed by atoms with Crippen molar-refractivity contribution in [3.8, 4) is 6.07 Å². The first-order chi connectivity index (χ1) is 15.7. The number of ether oxygens (including phenoxy) is 1. The summed E-state index contributed by atoms with van der Waals surface area (Å²) in [6, 6.07) is 13.1. The third-order valence-corrected chi connectivity index (χ3v) is 4.22. The zero-order chi connectivity index (χ0) is 24.8. The number of carbonyl (C=O) groups is 3. The van der Waals surface area contributed by atoms with E-state index in [-0.39, 0.29) is 139 Å². The van der Waals surface area contributed by atoms with Crippen LogP contribution in [0, 0.1) is 21.4 Å². The van der Waals surface area contributed by atoms with Gasteiger partial charge < -0.3 is 25.1 Å². The van der Waals surface area contributed by atoms with Crippen LogP contribution in [0.2, 0.25) is 0 Å². The van der Waals surface area contributed by atoms with Crippen molar-refractivity contribution in [2.24, 2.45) is 0 Å². The Morgan fingerprint density at radius 3 is 2.29 bits per heavy atom. The molecule has 0 saturated carbocycles. The number of unbranched alkanes of at least 4 members (excludes halogenated alkanes) is 1. The molecule has 1 N–H and O–H groups in total. The summed E-state index contributed by atoms with van der Waals surface area (Å²) < 4.78 is 4.88. The summed E-state index contributed by atoms with van der Waals surface area (Å²) in [7, 11) is 0. The molecule has 11 nitrogen and oxygen atoms in total. The van der Waals surface area contributed by atoms with Gasteiger partial charge in [-0.05, 0) is 56.1 Å². The summed E-state index contributed by atoms with van der Waals surface area (Å²) in [6.45, 7) is 1.83. The SMILES string of the molecule is CCOC(=O)c1ccc([N+](=O)[O-])c(NC(=O)CCCCc2ccccc2C#N)c1.O=C([O-])[O-].[K+].[K+]. The molecular formula is C22H21K2N3O8. The van der Waals surface area contributed by atoms with Crippen molar-refractivity contribution in [3.63, 3.8) is 0 Å². The van der Waals surface area contributed by atoms with Gasteiger partial charge in [0.05, 0.1) is 28.7 Å². The zero-order valence-electron chi connectivity index (χ0n) is 19.7. The molecule has 0 aliphatic heterocycles. The van der Waals surface area contributed by atoms with Crippen LogP contribution in [0.25, 0.3) is 0 Å². The molecular weight excluding hydrogens is 512 g/mol. The Bertz CT molecular complexity index is 1050. The number of carbonyl (C=O) groups excluding carboxylic acids is 3. The van der Waals surface area contributed by atoms with E-state index in [9.17, 15) is 19.7 Å². The predicted octanol–water partition coefficient (Wildman–Crippen LogP) is -4.44. The van der Waals surface area contributed by atoms with Crippen LogP contribution in [0.15, 0.2) is 42.5 Å². The fraction of sp³-hybridized carbons (Fsp3) is 0.273. The summed E-state index contributed by atoms with van der Waals surface area (Å²) >= 11 is 0. The van der Waals surface area contributed by atoms with E-state index in [0.717, 1.165) is 5.56 Å². The number of hydrogen-bond acceptors (Lipinski definition) is 9. The predicted molar refractivity (Wildman–Crippen MR) is 112 cm³/mol. The van der Waals surface area contributed by atoms with Gasteiger partial charge in [-0.15, -0.1) is 0 Å².